The Morgan fingerprint density at radius 3 is 2.74 bits per heavy atom. The normalized spacial score (nSPS) is 23.5. The SMILES string of the molecule is OCCN1CCCC(Nc2nccc(N3CCCCCC3)n2)C1. The number of aliphatic hydroxyl groups is 1. The van der Waals surface area contributed by atoms with Gasteiger partial charge in [-0.3, -0.25) is 4.90 Å². The summed E-state index contributed by atoms with van der Waals surface area (Å²) in [7, 11) is 0. The molecule has 0 radical (unpaired) electrons. The standard InChI is InChI=1S/C17H29N5O/c23-13-12-21-9-5-6-15(14-21)19-17-18-8-7-16(20-17)22-10-3-1-2-4-11-22/h7-8,15,23H,1-6,9-14H2,(H,18,19,20). The van der Waals surface area contributed by atoms with Crippen molar-refractivity contribution in [2.75, 3.05) is 49.5 Å². The molecule has 6 heteroatoms. The maximum absolute atomic E-state index is 9.11. The molecule has 1 atom stereocenters. The quantitative estimate of drug-likeness (QED) is 0.862. The third-order valence-electron chi connectivity index (χ3n) is 4.83. The minimum Gasteiger partial charge on any atom is -0.395 e. The average Bonchev–Trinajstić information content (AvgIpc) is 2.85. The molecule has 2 N–H and O–H groups in total. The van der Waals surface area contributed by atoms with E-state index in [1.807, 2.05) is 12.3 Å². The van der Waals surface area contributed by atoms with Crippen molar-refractivity contribution in [1.82, 2.24) is 14.9 Å². The Balaban J connectivity index is 1.60. The largest absolute Gasteiger partial charge is 0.395 e. The second kappa shape index (κ2) is 8.45. The maximum Gasteiger partial charge on any atom is 0.224 e. The molecule has 2 fully saturated rings. The lowest BCUT2D eigenvalue weighted by molar-refractivity contribution is 0.166. The Morgan fingerprint density at radius 2 is 1.96 bits per heavy atom. The summed E-state index contributed by atoms with van der Waals surface area (Å²) in [6.45, 7) is 5.22. The summed E-state index contributed by atoms with van der Waals surface area (Å²) >= 11 is 0. The molecule has 2 saturated heterocycles. The highest BCUT2D eigenvalue weighted by molar-refractivity contribution is 5.43. The van der Waals surface area contributed by atoms with Gasteiger partial charge >= 0.3 is 0 Å². The summed E-state index contributed by atoms with van der Waals surface area (Å²) in [5, 5.41) is 12.6. The fourth-order valence-corrected chi connectivity index (χ4v) is 3.60. The second-order valence-corrected chi connectivity index (χ2v) is 6.65. The highest BCUT2D eigenvalue weighted by atomic mass is 16.3. The van der Waals surface area contributed by atoms with E-state index in [1.54, 1.807) is 0 Å². The van der Waals surface area contributed by atoms with Crippen LogP contribution >= 0.6 is 0 Å². The van der Waals surface area contributed by atoms with Crippen molar-refractivity contribution in [3.63, 3.8) is 0 Å². The van der Waals surface area contributed by atoms with Crippen LogP contribution in [0, 0.1) is 0 Å². The monoisotopic (exact) mass is 319 g/mol. The van der Waals surface area contributed by atoms with Crippen molar-refractivity contribution in [1.29, 1.82) is 0 Å². The van der Waals surface area contributed by atoms with E-state index in [0.717, 1.165) is 57.3 Å². The molecule has 1 aromatic rings. The van der Waals surface area contributed by atoms with E-state index < -0.39 is 0 Å². The molecule has 0 saturated carbocycles. The van der Waals surface area contributed by atoms with E-state index in [2.05, 4.69) is 20.1 Å². The van der Waals surface area contributed by atoms with E-state index in [1.165, 1.54) is 25.7 Å². The van der Waals surface area contributed by atoms with Crippen LogP contribution in [0.15, 0.2) is 12.3 Å². The Bertz CT molecular complexity index is 474. The molecular formula is C17H29N5O. The van der Waals surface area contributed by atoms with Crippen LogP contribution in [0.1, 0.15) is 38.5 Å². The van der Waals surface area contributed by atoms with Crippen LogP contribution < -0.4 is 10.2 Å². The van der Waals surface area contributed by atoms with E-state index in [9.17, 15) is 0 Å². The van der Waals surface area contributed by atoms with Crippen LogP contribution in [0.3, 0.4) is 0 Å². The first-order valence-corrected chi connectivity index (χ1v) is 9.03. The number of nitrogens with one attached hydrogen (secondary N) is 1. The van der Waals surface area contributed by atoms with Gasteiger partial charge in [-0.25, -0.2) is 4.98 Å². The second-order valence-electron chi connectivity index (χ2n) is 6.65. The van der Waals surface area contributed by atoms with Crippen LogP contribution in [0.2, 0.25) is 0 Å². The maximum atomic E-state index is 9.11. The number of hydrogen-bond acceptors (Lipinski definition) is 6. The third kappa shape index (κ3) is 4.78. The molecule has 3 rings (SSSR count). The highest BCUT2D eigenvalue weighted by Crippen LogP contribution is 2.19. The number of nitrogens with zero attached hydrogens (tertiary/aromatic N) is 4. The Kier molecular flexibility index (Phi) is 6.05. The van der Waals surface area contributed by atoms with Crippen molar-refractivity contribution in [3.05, 3.63) is 12.3 Å². The Labute approximate surface area is 138 Å². The van der Waals surface area contributed by atoms with Gasteiger partial charge in [-0.2, -0.15) is 4.98 Å². The molecule has 1 unspecified atom stereocenters. The van der Waals surface area contributed by atoms with Gasteiger partial charge in [0.05, 0.1) is 6.61 Å². The fourth-order valence-electron chi connectivity index (χ4n) is 3.60. The van der Waals surface area contributed by atoms with Gasteiger partial charge in [0.25, 0.3) is 0 Å². The zero-order chi connectivity index (χ0) is 15.9. The van der Waals surface area contributed by atoms with Crippen molar-refractivity contribution in [3.8, 4) is 0 Å². The van der Waals surface area contributed by atoms with Gasteiger partial charge in [-0.1, -0.05) is 12.8 Å². The lowest BCUT2D eigenvalue weighted by Crippen LogP contribution is -2.43. The minimum absolute atomic E-state index is 0.230. The van der Waals surface area contributed by atoms with E-state index >= 15 is 0 Å². The average molecular weight is 319 g/mol. The van der Waals surface area contributed by atoms with Gasteiger partial charge in [0.1, 0.15) is 5.82 Å². The van der Waals surface area contributed by atoms with E-state index in [0.29, 0.717) is 6.04 Å². The number of rotatable bonds is 5. The molecule has 2 aliphatic rings. The first-order valence-electron chi connectivity index (χ1n) is 9.03. The summed E-state index contributed by atoms with van der Waals surface area (Å²) in [5.74, 6) is 1.79. The number of likely N-dealkylation sites (tertiary alicyclic amines) is 1. The van der Waals surface area contributed by atoms with Crippen LogP contribution in [0.4, 0.5) is 11.8 Å². The van der Waals surface area contributed by atoms with Crippen molar-refractivity contribution >= 4 is 11.8 Å². The number of anilines is 2. The number of aliphatic hydroxyl groups excluding tert-OH is 1. The molecule has 1 aromatic heterocycles. The summed E-state index contributed by atoms with van der Waals surface area (Å²) in [6.07, 6.45) is 9.33. The van der Waals surface area contributed by atoms with Crippen molar-refractivity contribution in [2.45, 2.75) is 44.6 Å². The Morgan fingerprint density at radius 1 is 1.13 bits per heavy atom. The molecule has 3 heterocycles. The fraction of sp³-hybridized carbons (Fsp3) is 0.765. The topological polar surface area (TPSA) is 64.5 Å². The number of hydrogen-bond donors (Lipinski definition) is 2. The number of piperidine rings is 1. The molecular weight excluding hydrogens is 290 g/mol. The first-order chi connectivity index (χ1) is 11.3. The van der Waals surface area contributed by atoms with E-state index in [4.69, 9.17) is 10.1 Å². The predicted molar refractivity (Wildman–Crippen MR) is 92.9 cm³/mol. The zero-order valence-corrected chi connectivity index (χ0v) is 14.0. The van der Waals surface area contributed by atoms with Gasteiger partial charge in [0, 0.05) is 38.4 Å². The Hall–Kier alpha value is -1.40. The van der Waals surface area contributed by atoms with Crippen molar-refractivity contribution in [2.24, 2.45) is 0 Å². The molecule has 128 valence electrons. The summed E-state index contributed by atoms with van der Waals surface area (Å²) in [5.41, 5.74) is 0. The smallest absolute Gasteiger partial charge is 0.224 e. The highest BCUT2D eigenvalue weighted by Gasteiger charge is 2.20. The zero-order valence-electron chi connectivity index (χ0n) is 14.0. The molecule has 23 heavy (non-hydrogen) atoms. The lowest BCUT2D eigenvalue weighted by Gasteiger charge is -2.32. The summed E-state index contributed by atoms with van der Waals surface area (Å²) in [4.78, 5) is 13.8. The number of β-amino-alcohol motifs (C(OH)–C–C–N with tert-alkyl or cyclic N) is 1. The van der Waals surface area contributed by atoms with Crippen LogP contribution in [-0.4, -0.2) is 65.3 Å². The predicted octanol–water partition coefficient (Wildman–Crippen LogP) is 1.73. The van der Waals surface area contributed by atoms with Gasteiger partial charge in [-0.15, -0.1) is 0 Å². The number of aromatic nitrogens is 2. The summed E-state index contributed by atoms with van der Waals surface area (Å²) < 4.78 is 0. The summed E-state index contributed by atoms with van der Waals surface area (Å²) in [6, 6.07) is 2.39. The van der Waals surface area contributed by atoms with Crippen LogP contribution in [0.5, 0.6) is 0 Å². The minimum atomic E-state index is 0.230. The third-order valence-corrected chi connectivity index (χ3v) is 4.83. The molecule has 0 amide bonds. The van der Waals surface area contributed by atoms with Crippen molar-refractivity contribution < 1.29 is 5.11 Å². The van der Waals surface area contributed by atoms with Gasteiger partial charge in [0.2, 0.25) is 5.95 Å². The molecule has 0 spiro atoms. The van der Waals surface area contributed by atoms with E-state index in [-0.39, 0.29) is 6.61 Å². The molecule has 0 aliphatic carbocycles. The van der Waals surface area contributed by atoms with Gasteiger partial charge in [-0.05, 0) is 38.3 Å². The lowest BCUT2D eigenvalue weighted by atomic mass is 10.1. The molecule has 6 nitrogen and oxygen atoms in total. The van der Waals surface area contributed by atoms with Gasteiger partial charge < -0.3 is 15.3 Å². The van der Waals surface area contributed by atoms with Crippen LogP contribution in [0.25, 0.3) is 0 Å². The molecule has 0 aromatic carbocycles. The molecule has 2 aliphatic heterocycles. The first kappa shape index (κ1) is 16.5. The van der Waals surface area contributed by atoms with Gasteiger partial charge in [0.15, 0.2) is 0 Å². The molecule has 0 bridgehead atoms. The van der Waals surface area contributed by atoms with Crippen LogP contribution in [-0.2, 0) is 0 Å².